The first-order valence-corrected chi connectivity index (χ1v) is 6.43. The summed E-state index contributed by atoms with van der Waals surface area (Å²) in [4.78, 5) is 11.7. The van der Waals surface area contributed by atoms with Gasteiger partial charge in [0.1, 0.15) is 0 Å². The molecule has 2 atom stereocenters. The van der Waals surface area contributed by atoms with Gasteiger partial charge in [-0.1, -0.05) is 17.7 Å². The molecule has 0 spiro atoms. The third kappa shape index (κ3) is 3.74. The molecule has 0 saturated heterocycles. The first-order valence-electron chi connectivity index (χ1n) is 6.43. The molecular formula is C14H20N2O2. The fraction of sp³-hybridized carbons (Fsp3) is 0.500. The number of anilines is 1. The van der Waals surface area contributed by atoms with E-state index in [0.29, 0.717) is 12.5 Å². The molecule has 0 radical (unpaired) electrons. The van der Waals surface area contributed by atoms with Crippen molar-refractivity contribution >= 4 is 11.7 Å². The lowest BCUT2D eigenvalue weighted by Gasteiger charge is -2.12. The van der Waals surface area contributed by atoms with E-state index in [9.17, 15) is 9.90 Å². The number of carbonyl (C=O) groups is 1. The number of benzene rings is 1. The van der Waals surface area contributed by atoms with Crippen molar-refractivity contribution in [3.05, 3.63) is 29.8 Å². The van der Waals surface area contributed by atoms with Gasteiger partial charge in [0.15, 0.2) is 0 Å². The molecule has 2 amide bonds. The van der Waals surface area contributed by atoms with Crippen molar-refractivity contribution in [3.8, 4) is 0 Å². The van der Waals surface area contributed by atoms with Gasteiger partial charge < -0.3 is 15.7 Å². The average Bonchev–Trinajstić information content (AvgIpc) is 2.76. The largest absolute Gasteiger partial charge is 0.393 e. The molecule has 98 valence electrons. The molecule has 1 aromatic rings. The van der Waals surface area contributed by atoms with E-state index in [2.05, 4.69) is 10.6 Å². The fourth-order valence-electron chi connectivity index (χ4n) is 2.28. The summed E-state index contributed by atoms with van der Waals surface area (Å²) in [5.74, 6) is 0.406. The lowest BCUT2D eigenvalue weighted by Crippen LogP contribution is -2.32. The van der Waals surface area contributed by atoms with Crippen molar-refractivity contribution in [1.29, 1.82) is 0 Å². The molecule has 1 aromatic carbocycles. The Morgan fingerprint density at radius 2 is 2.06 bits per heavy atom. The quantitative estimate of drug-likeness (QED) is 0.768. The first kappa shape index (κ1) is 12.9. The maximum Gasteiger partial charge on any atom is 0.319 e. The zero-order valence-corrected chi connectivity index (χ0v) is 10.6. The molecule has 0 aromatic heterocycles. The van der Waals surface area contributed by atoms with Crippen molar-refractivity contribution in [2.45, 2.75) is 32.3 Å². The van der Waals surface area contributed by atoms with Gasteiger partial charge in [-0.2, -0.15) is 0 Å². The van der Waals surface area contributed by atoms with Crippen LogP contribution in [0.3, 0.4) is 0 Å². The number of rotatable bonds is 3. The van der Waals surface area contributed by atoms with Crippen molar-refractivity contribution in [2.75, 3.05) is 11.9 Å². The molecule has 1 saturated carbocycles. The van der Waals surface area contributed by atoms with Gasteiger partial charge in [-0.3, -0.25) is 0 Å². The topological polar surface area (TPSA) is 61.4 Å². The van der Waals surface area contributed by atoms with Gasteiger partial charge >= 0.3 is 6.03 Å². The van der Waals surface area contributed by atoms with Crippen LogP contribution >= 0.6 is 0 Å². The number of aliphatic hydroxyl groups excluding tert-OH is 1. The highest BCUT2D eigenvalue weighted by Crippen LogP contribution is 2.24. The maximum absolute atomic E-state index is 11.7. The number of urea groups is 1. The Hall–Kier alpha value is -1.55. The van der Waals surface area contributed by atoms with E-state index in [0.717, 1.165) is 24.9 Å². The van der Waals surface area contributed by atoms with Gasteiger partial charge in [0.25, 0.3) is 0 Å². The Morgan fingerprint density at radius 1 is 1.33 bits per heavy atom. The van der Waals surface area contributed by atoms with E-state index in [4.69, 9.17) is 0 Å². The highest BCUT2D eigenvalue weighted by Gasteiger charge is 2.22. The van der Waals surface area contributed by atoms with Gasteiger partial charge in [-0.25, -0.2) is 4.79 Å². The minimum atomic E-state index is -0.183. The Morgan fingerprint density at radius 3 is 2.67 bits per heavy atom. The van der Waals surface area contributed by atoms with E-state index in [1.165, 1.54) is 5.56 Å². The van der Waals surface area contributed by atoms with E-state index in [1.54, 1.807) is 0 Å². The van der Waals surface area contributed by atoms with E-state index in [-0.39, 0.29) is 12.1 Å². The lowest BCUT2D eigenvalue weighted by molar-refractivity contribution is 0.177. The second-order valence-electron chi connectivity index (χ2n) is 5.03. The molecule has 2 unspecified atom stereocenters. The smallest absolute Gasteiger partial charge is 0.319 e. The standard InChI is InChI=1S/C14H20N2O2/c1-10-2-5-12(6-3-10)16-14(18)15-9-11-4-7-13(17)8-11/h2-3,5-6,11,13,17H,4,7-9H2,1H3,(H2,15,16,18). The molecule has 1 aliphatic rings. The third-order valence-corrected chi connectivity index (χ3v) is 3.37. The zero-order chi connectivity index (χ0) is 13.0. The van der Waals surface area contributed by atoms with Crippen LogP contribution in [0, 0.1) is 12.8 Å². The number of aliphatic hydroxyl groups is 1. The summed E-state index contributed by atoms with van der Waals surface area (Å²) < 4.78 is 0. The van der Waals surface area contributed by atoms with Gasteiger partial charge in [0.05, 0.1) is 6.10 Å². The predicted octanol–water partition coefficient (Wildman–Crippen LogP) is 2.28. The minimum Gasteiger partial charge on any atom is -0.393 e. The van der Waals surface area contributed by atoms with E-state index >= 15 is 0 Å². The molecule has 0 bridgehead atoms. The number of hydrogen-bond acceptors (Lipinski definition) is 2. The summed E-state index contributed by atoms with van der Waals surface area (Å²) in [7, 11) is 0. The number of hydrogen-bond donors (Lipinski definition) is 3. The van der Waals surface area contributed by atoms with E-state index in [1.807, 2.05) is 31.2 Å². The molecule has 1 aliphatic carbocycles. The fourth-order valence-corrected chi connectivity index (χ4v) is 2.28. The van der Waals surface area contributed by atoms with Gasteiger partial charge in [0.2, 0.25) is 0 Å². The van der Waals surface area contributed by atoms with Crippen LogP contribution in [0.5, 0.6) is 0 Å². The second kappa shape index (κ2) is 5.87. The summed E-state index contributed by atoms with van der Waals surface area (Å²) in [5, 5.41) is 15.0. The maximum atomic E-state index is 11.7. The minimum absolute atomic E-state index is 0.180. The summed E-state index contributed by atoms with van der Waals surface area (Å²) >= 11 is 0. The highest BCUT2D eigenvalue weighted by atomic mass is 16.3. The Balaban J connectivity index is 1.73. The van der Waals surface area contributed by atoms with Gasteiger partial charge in [-0.05, 0) is 44.2 Å². The normalized spacial score (nSPS) is 22.8. The summed E-state index contributed by atoms with van der Waals surface area (Å²) in [5.41, 5.74) is 1.96. The molecule has 18 heavy (non-hydrogen) atoms. The lowest BCUT2D eigenvalue weighted by atomic mass is 10.1. The zero-order valence-electron chi connectivity index (χ0n) is 10.6. The van der Waals surface area contributed by atoms with Crippen LogP contribution < -0.4 is 10.6 Å². The van der Waals surface area contributed by atoms with Crippen LogP contribution in [-0.2, 0) is 0 Å². The van der Waals surface area contributed by atoms with E-state index < -0.39 is 0 Å². The van der Waals surface area contributed by atoms with Crippen molar-refractivity contribution in [1.82, 2.24) is 5.32 Å². The number of amides is 2. The number of aryl methyl sites for hydroxylation is 1. The summed E-state index contributed by atoms with van der Waals surface area (Å²) in [6, 6.07) is 7.51. The molecule has 4 heteroatoms. The van der Waals surface area contributed by atoms with Gasteiger partial charge in [-0.15, -0.1) is 0 Å². The highest BCUT2D eigenvalue weighted by molar-refractivity contribution is 5.89. The Labute approximate surface area is 107 Å². The SMILES string of the molecule is Cc1ccc(NC(=O)NCC2CCC(O)C2)cc1. The van der Waals surface area contributed by atoms with Crippen LogP contribution in [0.1, 0.15) is 24.8 Å². The van der Waals surface area contributed by atoms with Crippen LogP contribution in [0.15, 0.2) is 24.3 Å². The summed E-state index contributed by atoms with van der Waals surface area (Å²) in [6.45, 7) is 2.64. The molecule has 0 heterocycles. The number of carbonyl (C=O) groups excluding carboxylic acids is 1. The number of nitrogens with one attached hydrogen (secondary N) is 2. The third-order valence-electron chi connectivity index (χ3n) is 3.37. The van der Waals surface area contributed by atoms with Crippen molar-refractivity contribution in [2.24, 2.45) is 5.92 Å². The monoisotopic (exact) mass is 248 g/mol. The molecule has 2 rings (SSSR count). The average molecular weight is 248 g/mol. The predicted molar refractivity (Wildman–Crippen MR) is 71.5 cm³/mol. The van der Waals surface area contributed by atoms with Crippen LogP contribution in [0.2, 0.25) is 0 Å². The molecule has 3 N–H and O–H groups in total. The molecule has 1 fully saturated rings. The first-order chi connectivity index (χ1) is 8.63. The Kier molecular flexibility index (Phi) is 4.20. The summed E-state index contributed by atoms with van der Waals surface area (Å²) in [6.07, 6.45) is 2.46. The van der Waals surface area contributed by atoms with Gasteiger partial charge in [0, 0.05) is 12.2 Å². The second-order valence-corrected chi connectivity index (χ2v) is 5.03. The Bertz CT molecular complexity index is 403. The molecule has 4 nitrogen and oxygen atoms in total. The van der Waals surface area contributed by atoms with Crippen LogP contribution in [0.25, 0.3) is 0 Å². The van der Waals surface area contributed by atoms with Crippen molar-refractivity contribution in [3.63, 3.8) is 0 Å². The van der Waals surface area contributed by atoms with Crippen LogP contribution in [0.4, 0.5) is 10.5 Å². The molecular weight excluding hydrogens is 228 g/mol. The van der Waals surface area contributed by atoms with Crippen LogP contribution in [-0.4, -0.2) is 23.8 Å². The molecule has 0 aliphatic heterocycles. The van der Waals surface area contributed by atoms with Crippen molar-refractivity contribution < 1.29 is 9.90 Å².